The molecule has 0 aromatic carbocycles. The minimum absolute atomic E-state index is 0.0662. The first-order chi connectivity index (χ1) is 11.7. The molecule has 1 amide bonds. The Morgan fingerprint density at radius 2 is 2.08 bits per heavy atom. The zero-order valence-corrected chi connectivity index (χ0v) is 13.5. The molecule has 0 aliphatic carbocycles. The average Bonchev–Trinajstić information content (AvgIpc) is 3.23. The molecule has 0 unspecified atom stereocenters. The van der Waals surface area contributed by atoms with Gasteiger partial charge in [-0.25, -0.2) is 4.98 Å². The maximum Gasteiger partial charge on any atom is 0.269 e. The van der Waals surface area contributed by atoms with Crippen LogP contribution in [0.4, 0.5) is 5.82 Å². The molecular weight excluding hydrogens is 306 g/mol. The molecule has 24 heavy (non-hydrogen) atoms. The largest absolute Gasteiger partial charge is 0.464 e. The van der Waals surface area contributed by atoms with E-state index >= 15 is 0 Å². The summed E-state index contributed by atoms with van der Waals surface area (Å²) in [5, 5.41) is 8.17. The lowest BCUT2D eigenvalue weighted by Crippen LogP contribution is -2.45. The van der Waals surface area contributed by atoms with Crippen molar-refractivity contribution >= 4 is 22.7 Å². The van der Waals surface area contributed by atoms with Gasteiger partial charge in [0.05, 0.1) is 11.6 Å². The van der Waals surface area contributed by atoms with Crippen molar-refractivity contribution in [3.05, 3.63) is 42.5 Å². The van der Waals surface area contributed by atoms with Crippen LogP contribution < -0.4 is 10.2 Å². The van der Waals surface area contributed by atoms with E-state index in [9.17, 15) is 4.79 Å². The number of carbonyl (C=O) groups excluding carboxylic acids is 1. The van der Waals surface area contributed by atoms with E-state index < -0.39 is 0 Å². The minimum Gasteiger partial charge on any atom is -0.464 e. The lowest BCUT2D eigenvalue weighted by Gasteiger charge is -2.33. The van der Waals surface area contributed by atoms with Gasteiger partial charge in [-0.05, 0) is 31.0 Å². The second kappa shape index (κ2) is 5.99. The van der Waals surface area contributed by atoms with E-state index in [-0.39, 0.29) is 11.9 Å². The van der Waals surface area contributed by atoms with E-state index in [4.69, 9.17) is 4.42 Å². The van der Waals surface area contributed by atoms with Crippen molar-refractivity contribution in [3.8, 4) is 0 Å². The molecule has 4 heterocycles. The second-order valence-electron chi connectivity index (χ2n) is 6.04. The third-order valence-corrected chi connectivity index (χ3v) is 4.54. The summed E-state index contributed by atoms with van der Waals surface area (Å²) in [6, 6.07) is 5.73. The molecule has 0 saturated carbocycles. The van der Waals surface area contributed by atoms with Gasteiger partial charge in [0.15, 0.2) is 0 Å². The Bertz CT molecular complexity index is 861. The molecule has 3 aromatic heterocycles. The van der Waals surface area contributed by atoms with Crippen LogP contribution in [0.3, 0.4) is 0 Å². The first-order valence-electron chi connectivity index (χ1n) is 8.08. The fourth-order valence-electron chi connectivity index (χ4n) is 3.22. The van der Waals surface area contributed by atoms with E-state index in [2.05, 4.69) is 20.3 Å². The van der Waals surface area contributed by atoms with Crippen LogP contribution in [0, 0.1) is 0 Å². The van der Waals surface area contributed by atoms with Crippen molar-refractivity contribution in [2.45, 2.75) is 18.9 Å². The lowest BCUT2D eigenvalue weighted by molar-refractivity contribution is 0.0921. The number of pyridine rings is 1. The Hall–Kier alpha value is -2.83. The van der Waals surface area contributed by atoms with E-state index in [1.807, 2.05) is 12.1 Å². The standard InChI is InChI=1S/C17H19N5O2/c1-21-14(2-8-19-21)17(23)20-12-4-9-22(10-5-12)16-13-6-11-24-15(13)3-7-18-16/h2-3,6-8,11-12H,4-5,9-10H2,1H3,(H,20,23). The number of carbonyl (C=O) groups is 1. The molecule has 0 atom stereocenters. The zero-order valence-electron chi connectivity index (χ0n) is 13.5. The summed E-state index contributed by atoms with van der Waals surface area (Å²) >= 11 is 0. The number of hydrogen-bond acceptors (Lipinski definition) is 5. The van der Waals surface area contributed by atoms with Crippen molar-refractivity contribution in [2.24, 2.45) is 7.05 Å². The van der Waals surface area contributed by atoms with Crippen LogP contribution in [0.1, 0.15) is 23.3 Å². The van der Waals surface area contributed by atoms with Gasteiger partial charge in [-0.2, -0.15) is 5.10 Å². The number of amides is 1. The summed E-state index contributed by atoms with van der Waals surface area (Å²) in [5.74, 6) is 0.890. The normalized spacial score (nSPS) is 15.8. The quantitative estimate of drug-likeness (QED) is 0.796. The van der Waals surface area contributed by atoms with Crippen molar-refractivity contribution in [1.29, 1.82) is 0 Å². The number of hydrogen-bond donors (Lipinski definition) is 1. The molecule has 0 radical (unpaired) electrons. The first-order valence-corrected chi connectivity index (χ1v) is 8.08. The zero-order chi connectivity index (χ0) is 16.5. The maximum atomic E-state index is 12.3. The molecule has 0 bridgehead atoms. The monoisotopic (exact) mass is 325 g/mol. The van der Waals surface area contributed by atoms with E-state index in [0.717, 1.165) is 42.7 Å². The van der Waals surface area contributed by atoms with Gasteiger partial charge in [0, 0.05) is 38.6 Å². The average molecular weight is 325 g/mol. The molecule has 1 aliphatic rings. The van der Waals surface area contributed by atoms with Crippen molar-refractivity contribution < 1.29 is 9.21 Å². The molecule has 4 rings (SSSR count). The van der Waals surface area contributed by atoms with Crippen molar-refractivity contribution in [3.63, 3.8) is 0 Å². The second-order valence-corrected chi connectivity index (χ2v) is 6.04. The van der Waals surface area contributed by atoms with Crippen LogP contribution in [-0.4, -0.2) is 39.8 Å². The fourth-order valence-corrected chi connectivity index (χ4v) is 3.22. The first kappa shape index (κ1) is 14.7. The van der Waals surface area contributed by atoms with Gasteiger partial charge in [-0.3, -0.25) is 9.48 Å². The summed E-state index contributed by atoms with van der Waals surface area (Å²) < 4.78 is 7.04. The van der Waals surface area contributed by atoms with E-state index in [1.54, 1.807) is 36.5 Å². The van der Waals surface area contributed by atoms with Gasteiger partial charge in [0.25, 0.3) is 5.91 Å². The van der Waals surface area contributed by atoms with Crippen LogP contribution in [-0.2, 0) is 7.05 Å². The van der Waals surface area contributed by atoms with E-state index in [0.29, 0.717) is 5.69 Å². The Labute approximate surface area is 139 Å². The molecule has 7 nitrogen and oxygen atoms in total. The van der Waals surface area contributed by atoms with Gasteiger partial charge < -0.3 is 14.6 Å². The van der Waals surface area contributed by atoms with Crippen LogP contribution >= 0.6 is 0 Å². The summed E-state index contributed by atoms with van der Waals surface area (Å²) in [4.78, 5) is 19.0. The maximum absolute atomic E-state index is 12.3. The van der Waals surface area contributed by atoms with Gasteiger partial charge >= 0.3 is 0 Å². The van der Waals surface area contributed by atoms with Crippen LogP contribution in [0.15, 0.2) is 41.3 Å². The predicted molar refractivity (Wildman–Crippen MR) is 89.9 cm³/mol. The molecule has 1 N–H and O–H groups in total. The Morgan fingerprint density at radius 3 is 2.83 bits per heavy atom. The summed E-state index contributed by atoms with van der Waals surface area (Å²) in [6.07, 6.45) is 6.88. The van der Waals surface area contributed by atoms with Crippen LogP contribution in [0.25, 0.3) is 11.0 Å². The summed E-state index contributed by atoms with van der Waals surface area (Å²) in [5.41, 5.74) is 1.44. The van der Waals surface area contributed by atoms with Gasteiger partial charge in [-0.1, -0.05) is 0 Å². The predicted octanol–water partition coefficient (Wildman–Crippen LogP) is 1.96. The highest BCUT2D eigenvalue weighted by Gasteiger charge is 2.24. The van der Waals surface area contributed by atoms with Crippen LogP contribution in [0.2, 0.25) is 0 Å². The van der Waals surface area contributed by atoms with Gasteiger partial charge in [0.1, 0.15) is 17.1 Å². The highest BCUT2D eigenvalue weighted by molar-refractivity contribution is 5.92. The number of fused-ring (bicyclic) bond motifs is 1. The van der Waals surface area contributed by atoms with Crippen molar-refractivity contribution in [1.82, 2.24) is 20.1 Å². The number of aromatic nitrogens is 3. The molecule has 1 fully saturated rings. The number of nitrogens with zero attached hydrogens (tertiary/aromatic N) is 4. The molecule has 1 saturated heterocycles. The van der Waals surface area contributed by atoms with Crippen LogP contribution in [0.5, 0.6) is 0 Å². The Morgan fingerprint density at radius 1 is 1.25 bits per heavy atom. The molecule has 7 heteroatoms. The summed E-state index contributed by atoms with van der Waals surface area (Å²) in [6.45, 7) is 1.71. The molecule has 0 spiro atoms. The number of nitrogens with one attached hydrogen (secondary N) is 1. The Balaban J connectivity index is 1.41. The SMILES string of the molecule is Cn1nccc1C(=O)NC1CCN(c2nccc3occc23)CC1. The van der Waals surface area contributed by atoms with Gasteiger partial charge in [-0.15, -0.1) is 0 Å². The van der Waals surface area contributed by atoms with E-state index in [1.165, 1.54) is 0 Å². The number of furan rings is 1. The van der Waals surface area contributed by atoms with Crippen molar-refractivity contribution in [2.75, 3.05) is 18.0 Å². The Kier molecular flexibility index (Phi) is 3.68. The highest BCUT2D eigenvalue weighted by atomic mass is 16.3. The summed E-state index contributed by atoms with van der Waals surface area (Å²) in [7, 11) is 1.77. The minimum atomic E-state index is -0.0662. The molecule has 1 aliphatic heterocycles. The van der Waals surface area contributed by atoms with Gasteiger partial charge in [0.2, 0.25) is 0 Å². The topological polar surface area (TPSA) is 76.2 Å². The number of aryl methyl sites for hydroxylation is 1. The third-order valence-electron chi connectivity index (χ3n) is 4.54. The number of rotatable bonds is 3. The highest BCUT2D eigenvalue weighted by Crippen LogP contribution is 2.27. The number of anilines is 1. The smallest absolute Gasteiger partial charge is 0.269 e. The molecular formula is C17H19N5O2. The lowest BCUT2D eigenvalue weighted by atomic mass is 10.0. The molecule has 124 valence electrons. The molecule has 3 aromatic rings. The third kappa shape index (κ3) is 2.62. The number of piperidine rings is 1. The fraction of sp³-hybridized carbons (Fsp3) is 0.353.